The highest BCUT2D eigenvalue weighted by molar-refractivity contribution is 7.89. The molecule has 0 aromatic heterocycles. The van der Waals surface area contributed by atoms with Crippen molar-refractivity contribution in [3.63, 3.8) is 0 Å². The van der Waals surface area contributed by atoms with Gasteiger partial charge in [-0.1, -0.05) is 32.0 Å². The van der Waals surface area contributed by atoms with Crippen molar-refractivity contribution < 1.29 is 13.5 Å². The van der Waals surface area contributed by atoms with Crippen LogP contribution in [0.1, 0.15) is 25.0 Å². The molecular formula is C18H22N2O3S. The normalized spacial score (nSPS) is 12.2. The van der Waals surface area contributed by atoms with Crippen LogP contribution >= 0.6 is 0 Å². The fourth-order valence-corrected chi connectivity index (χ4v) is 3.82. The Morgan fingerprint density at radius 1 is 1.12 bits per heavy atom. The first-order valence-corrected chi connectivity index (χ1v) is 9.27. The summed E-state index contributed by atoms with van der Waals surface area (Å²) in [6.45, 7) is 6.33. The van der Waals surface area contributed by atoms with E-state index < -0.39 is 10.0 Å². The van der Waals surface area contributed by atoms with Crippen LogP contribution in [0.2, 0.25) is 0 Å². The maximum atomic E-state index is 12.6. The average molecular weight is 346 g/mol. The summed E-state index contributed by atoms with van der Waals surface area (Å²) in [4.78, 5) is 4.58. The minimum atomic E-state index is -3.52. The lowest BCUT2D eigenvalue weighted by atomic mass is 10.2. The molecule has 0 saturated heterocycles. The van der Waals surface area contributed by atoms with Gasteiger partial charge in [-0.25, -0.2) is 8.42 Å². The van der Waals surface area contributed by atoms with Gasteiger partial charge >= 0.3 is 0 Å². The number of para-hydroxylation sites is 1. The van der Waals surface area contributed by atoms with Crippen molar-refractivity contribution in [2.75, 3.05) is 13.1 Å². The molecule has 2 aromatic rings. The maximum Gasteiger partial charge on any atom is 0.243 e. The van der Waals surface area contributed by atoms with E-state index in [1.807, 2.05) is 20.8 Å². The fraction of sp³-hybridized carbons (Fsp3) is 0.278. The largest absolute Gasteiger partial charge is 0.507 e. The zero-order valence-electron chi connectivity index (χ0n) is 14.1. The Morgan fingerprint density at radius 2 is 1.79 bits per heavy atom. The van der Waals surface area contributed by atoms with Crippen LogP contribution in [0, 0.1) is 6.92 Å². The standard InChI is InChI=1S/C18H22N2O3S/c1-4-20(5-2)24(22,23)16-11-10-14(3)17(12-16)19-13-15-8-6-7-9-18(15)21/h6-13,21H,4-5H2,1-3H3. The summed E-state index contributed by atoms with van der Waals surface area (Å²) in [5.41, 5.74) is 2.00. The van der Waals surface area contributed by atoms with Gasteiger partial charge in [-0.3, -0.25) is 4.99 Å². The summed E-state index contributed by atoms with van der Waals surface area (Å²) in [5, 5.41) is 9.78. The van der Waals surface area contributed by atoms with Crippen LogP contribution in [-0.2, 0) is 10.0 Å². The summed E-state index contributed by atoms with van der Waals surface area (Å²) in [7, 11) is -3.52. The quantitative estimate of drug-likeness (QED) is 0.814. The molecule has 2 rings (SSSR count). The third kappa shape index (κ3) is 3.83. The van der Waals surface area contributed by atoms with Gasteiger partial charge in [0.15, 0.2) is 0 Å². The van der Waals surface area contributed by atoms with E-state index in [0.717, 1.165) is 5.56 Å². The molecule has 0 spiro atoms. The molecular weight excluding hydrogens is 324 g/mol. The molecule has 1 N–H and O–H groups in total. The second-order valence-corrected chi connectivity index (χ2v) is 7.29. The van der Waals surface area contributed by atoms with Crippen molar-refractivity contribution in [3.8, 4) is 5.75 Å². The van der Waals surface area contributed by atoms with Gasteiger partial charge in [0.1, 0.15) is 5.75 Å². The van der Waals surface area contributed by atoms with Gasteiger partial charge in [-0.2, -0.15) is 4.31 Å². The van der Waals surface area contributed by atoms with Crippen molar-refractivity contribution in [2.45, 2.75) is 25.7 Å². The molecule has 0 amide bonds. The predicted molar refractivity (Wildman–Crippen MR) is 96.6 cm³/mol. The number of rotatable bonds is 6. The van der Waals surface area contributed by atoms with Gasteiger partial charge in [-0.15, -0.1) is 0 Å². The summed E-state index contributed by atoms with van der Waals surface area (Å²) in [6.07, 6.45) is 1.53. The maximum absolute atomic E-state index is 12.6. The molecule has 0 atom stereocenters. The minimum Gasteiger partial charge on any atom is -0.507 e. The zero-order valence-corrected chi connectivity index (χ0v) is 14.9. The van der Waals surface area contributed by atoms with E-state index in [9.17, 15) is 13.5 Å². The number of phenols is 1. The molecule has 0 unspecified atom stereocenters. The van der Waals surface area contributed by atoms with Crippen molar-refractivity contribution >= 4 is 21.9 Å². The average Bonchev–Trinajstić information content (AvgIpc) is 2.56. The van der Waals surface area contributed by atoms with E-state index >= 15 is 0 Å². The molecule has 5 nitrogen and oxygen atoms in total. The highest BCUT2D eigenvalue weighted by atomic mass is 32.2. The summed E-state index contributed by atoms with van der Waals surface area (Å²) < 4.78 is 26.7. The first-order valence-electron chi connectivity index (χ1n) is 7.83. The van der Waals surface area contributed by atoms with Crippen molar-refractivity contribution in [2.24, 2.45) is 4.99 Å². The number of benzene rings is 2. The summed E-state index contributed by atoms with van der Waals surface area (Å²) in [5.74, 6) is 0.130. The van der Waals surface area contributed by atoms with Crippen LogP contribution in [0.5, 0.6) is 5.75 Å². The summed E-state index contributed by atoms with van der Waals surface area (Å²) in [6, 6.07) is 11.8. The van der Waals surface area contributed by atoms with Gasteiger partial charge in [0.2, 0.25) is 10.0 Å². The van der Waals surface area contributed by atoms with Crippen molar-refractivity contribution in [1.82, 2.24) is 4.31 Å². The lowest BCUT2D eigenvalue weighted by Crippen LogP contribution is -2.30. The molecule has 0 radical (unpaired) electrons. The minimum absolute atomic E-state index is 0.130. The van der Waals surface area contributed by atoms with Crippen LogP contribution in [-0.4, -0.2) is 37.1 Å². The first-order chi connectivity index (χ1) is 11.4. The van der Waals surface area contributed by atoms with E-state index in [0.29, 0.717) is 24.3 Å². The van der Waals surface area contributed by atoms with Crippen molar-refractivity contribution in [3.05, 3.63) is 53.6 Å². The van der Waals surface area contributed by atoms with E-state index in [4.69, 9.17) is 0 Å². The fourth-order valence-electron chi connectivity index (χ4n) is 2.34. The Balaban J connectivity index is 2.41. The number of aromatic hydroxyl groups is 1. The molecule has 0 aliphatic carbocycles. The third-order valence-electron chi connectivity index (χ3n) is 3.80. The highest BCUT2D eigenvalue weighted by Crippen LogP contribution is 2.25. The summed E-state index contributed by atoms with van der Waals surface area (Å²) >= 11 is 0. The van der Waals surface area contributed by atoms with E-state index in [2.05, 4.69) is 4.99 Å². The van der Waals surface area contributed by atoms with E-state index in [1.165, 1.54) is 10.5 Å². The lowest BCUT2D eigenvalue weighted by Gasteiger charge is -2.18. The van der Waals surface area contributed by atoms with E-state index in [1.54, 1.807) is 42.5 Å². The third-order valence-corrected chi connectivity index (χ3v) is 5.85. The molecule has 2 aromatic carbocycles. The number of hydrogen-bond donors (Lipinski definition) is 1. The topological polar surface area (TPSA) is 70.0 Å². The Bertz CT molecular complexity index is 841. The number of aliphatic imine (C=N–C) groups is 1. The molecule has 6 heteroatoms. The second-order valence-electron chi connectivity index (χ2n) is 5.35. The number of sulfonamides is 1. The Morgan fingerprint density at radius 3 is 2.42 bits per heavy atom. The molecule has 0 saturated carbocycles. The van der Waals surface area contributed by atoms with Crippen LogP contribution in [0.4, 0.5) is 5.69 Å². The van der Waals surface area contributed by atoms with Crippen LogP contribution < -0.4 is 0 Å². The predicted octanol–water partition coefficient (Wildman–Crippen LogP) is 3.48. The van der Waals surface area contributed by atoms with Gasteiger partial charge in [0, 0.05) is 24.9 Å². The van der Waals surface area contributed by atoms with Crippen LogP contribution in [0.25, 0.3) is 0 Å². The number of aryl methyl sites for hydroxylation is 1. The second kappa shape index (κ2) is 7.59. The van der Waals surface area contributed by atoms with Crippen LogP contribution in [0.15, 0.2) is 52.4 Å². The van der Waals surface area contributed by atoms with E-state index in [-0.39, 0.29) is 10.6 Å². The molecule has 0 heterocycles. The monoisotopic (exact) mass is 346 g/mol. The number of nitrogens with zero attached hydrogens (tertiary/aromatic N) is 2. The van der Waals surface area contributed by atoms with Gasteiger partial charge < -0.3 is 5.11 Å². The zero-order chi connectivity index (χ0) is 17.7. The van der Waals surface area contributed by atoms with Crippen LogP contribution in [0.3, 0.4) is 0 Å². The van der Waals surface area contributed by atoms with Gasteiger partial charge in [0.05, 0.1) is 10.6 Å². The molecule has 0 bridgehead atoms. The Hall–Kier alpha value is -2.18. The van der Waals surface area contributed by atoms with Crippen molar-refractivity contribution in [1.29, 1.82) is 0 Å². The lowest BCUT2D eigenvalue weighted by molar-refractivity contribution is 0.445. The molecule has 0 aliphatic heterocycles. The molecule has 0 fully saturated rings. The molecule has 0 aliphatic rings. The van der Waals surface area contributed by atoms with Gasteiger partial charge in [0.25, 0.3) is 0 Å². The Kier molecular flexibility index (Phi) is 5.75. The number of hydrogen-bond acceptors (Lipinski definition) is 4. The first kappa shape index (κ1) is 18.2. The SMILES string of the molecule is CCN(CC)S(=O)(=O)c1ccc(C)c(N=Cc2ccccc2O)c1. The van der Waals surface area contributed by atoms with Gasteiger partial charge in [-0.05, 0) is 36.8 Å². The highest BCUT2D eigenvalue weighted by Gasteiger charge is 2.22. The molecule has 24 heavy (non-hydrogen) atoms. The Labute approximate surface area is 143 Å². The number of phenolic OH excluding ortho intramolecular Hbond substituents is 1. The smallest absolute Gasteiger partial charge is 0.243 e. The molecule has 128 valence electrons.